The number of alkyl halides is 1. The normalized spacial score (nSPS) is 13.7. The molecule has 0 saturated carbocycles. The monoisotopic (exact) mass is 291 g/mol. The molecule has 102 valence electrons. The molecule has 0 aromatic heterocycles. The number of benzene rings is 1. The zero-order valence-electron chi connectivity index (χ0n) is 11.1. The molecule has 1 aromatic carbocycles. The first kappa shape index (κ1) is 15.7. The summed E-state index contributed by atoms with van der Waals surface area (Å²) in [5.74, 6) is -0.281. The van der Waals surface area contributed by atoms with E-state index in [9.17, 15) is 4.39 Å². The number of halogens is 3. The van der Waals surface area contributed by atoms with Crippen LogP contribution in [0, 0.1) is 11.2 Å². The summed E-state index contributed by atoms with van der Waals surface area (Å²) >= 11 is 11.9. The van der Waals surface area contributed by atoms with E-state index in [1.165, 1.54) is 6.07 Å². The lowest BCUT2D eigenvalue weighted by Crippen LogP contribution is -2.26. The van der Waals surface area contributed by atoms with Gasteiger partial charge >= 0.3 is 0 Å². The molecule has 0 spiro atoms. The van der Waals surface area contributed by atoms with Crippen LogP contribution < -0.4 is 5.32 Å². The van der Waals surface area contributed by atoms with Crippen molar-refractivity contribution in [2.75, 3.05) is 6.54 Å². The average Bonchev–Trinajstić information content (AvgIpc) is 2.18. The van der Waals surface area contributed by atoms with Crippen molar-refractivity contribution in [2.24, 2.45) is 5.41 Å². The lowest BCUT2D eigenvalue weighted by Gasteiger charge is -2.22. The molecule has 0 amide bonds. The number of rotatable bonds is 5. The summed E-state index contributed by atoms with van der Waals surface area (Å²) < 4.78 is 13.5. The zero-order chi connectivity index (χ0) is 13.8. The van der Waals surface area contributed by atoms with E-state index in [2.05, 4.69) is 26.1 Å². The SMILES string of the molecule is CC(C)(C)CC(Cl)CNCc1ccc(Cl)cc1F. The summed E-state index contributed by atoms with van der Waals surface area (Å²) in [4.78, 5) is 0. The van der Waals surface area contributed by atoms with Crippen molar-refractivity contribution in [3.8, 4) is 0 Å². The van der Waals surface area contributed by atoms with Crippen LogP contribution in [0.25, 0.3) is 0 Å². The molecule has 1 N–H and O–H groups in total. The van der Waals surface area contributed by atoms with Gasteiger partial charge in [0.05, 0.1) is 0 Å². The third-order valence-corrected chi connectivity index (χ3v) is 3.07. The highest BCUT2D eigenvalue weighted by atomic mass is 35.5. The van der Waals surface area contributed by atoms with Crippen molar-refractivity contribution in [2.45, 2.75) is 39.1 Å². The van der Waals surface area contributed by atoms with Crippen LogP contribution in [0.2, 0.25) is 5.02 Å². The van der Waals surface area contributed by atoms with Gasteiger partial charge in [0.1, 0.15) is 5.82 Å². The molecule has 0 aliphatic rings. The minimum Gasteiger partial charge on any atom is -0.311 e. The molecule has 0 bridgehead atoms. The van der Waals surface area contributed by atoms with E-state index in [0.29, 0.717) is 23.7 Å². The van der Waals surface area contributed by atoms with Gasteiger partial charge in [0, 0.05) is 29.1 Å². The quantitative estimate of drug-likeness (QED) is 0.781. The smallest absolute Gasteiger partial charge is 0.129 e. The van der Waals surface area contributed by atoms with E-state index in [0.717, 1.165) is 6.42 Å². The summed E-state index contributed by atoms with van der Waals surface area (Å²) in [6, 6.07) is 4.71. The van der Waals surface area contributed by atoms with E-state index >= 15 is 0 Å². The van der Waals surface area contributed by atoms with Crippen molar-refractivity contribution in [1.82, 2.24) is 5.32 Å². The first-order valence-corrected chi connectivity index (χ1v) is 6.88. The zero-order valence-corrected chi connectivity index (χ0v) is 12.6. The van der Waals surface area contributed by atoms with Crippen molar-refractivity contribution < 1.29 is 4.39 Å². The first-order chi connectivity index (χ1) is 8.28. The van der Waals surface area contributed by atoms with Crippen LogP contribution in [-0.4, -0.2) is 11.9 Å². The molecule has 1 rings (SSSR count). The molecule has 1 aromatic rings. The topological polar surface area (TPSA) is 12.0 Å². The highest BCUT2D eigenvalue weighted by Gasteiger charge is 2.16. The van der Waals surface area contributed by atoms with Crippen LogP contribution in [0.15, 0.2) is 18.2 Å². The van der Waals surface area contributed by atoms with Gasteiger partial charge in [0.25, 0.3) is 0 Å². The van der Waals surface area contributed by atoms with E-state index in [-0.39, 0.29) is 16.6 Å². The van der Waals surface area contributed by atoms with Gasteiger partial charge in [-0.3, -0.25) is 0 Å². The molecule has 0 fully saturated rings. The Kier molecular flexibility index (Phi) is 5.90. The summed E-state index contributed by atoms with van der Waals surface area (Å²) in [5.41, 5.74) is 0.818. The van der Waals surface area contributed by atoms with Gasteiger partial charge in [-0.25, -0.2) is 4.39 Å². The van der Waals surface area contributed by atoms with Crippen LogP contribution in [0.3, 0.4) is 0 Å². The second-order valence-electron chi connectivity index (χ2n) is 5.73. The summed E-state index contributed by atoms with van der Waals surface area (Å²) in [7, 11) is 0. The molecule has 1 atom stereocenters. The fourth-order valence-electron chi connectivity index (χ4n) is 1.77. The van der Waals surface area contributed by atoms with E-state index in [4.69, 9.17) is 23.2 Å². The van der Waals surface area contributed by atoms with Crippen molar-refractivity contribution in [3.63, 3.8) is 0 Å². The molecule has 0 aliphatic heterocycles. The molecular weight excluding hydrogens is 272 g/mol. The first-order valence-electron chi connectivity index (χ1n) is 6.06. The molecule has 0 radical (unpaired) electrons. The summed E-state index contributed by atoms with van der Waals surface area (Å²) in [5, 5.41) is 3.64. The Bertz CT molecular complexity index is 388. The Labute approximate surface area is 119 Å². The molecular formula is C14H20Cl2FN. The van der Waals surface area contributed by atoms with Crippen molar-refractivity contribution in [3.05, 3.63) is 34.6 Å². The largest absolute Gasteiger partial charge is 0.311 e. The average molecular weight is 292 g/mol. The van der Waals surface area contributed by atoms with Crippen LogP contribution >= 0.6 is 23.2 Å². The molecule has 1 nitrogen and oxygen atoms in total. The molecule has 0 aliphatic carbocycles. The predicted molar refractivity (Wildman–Crippen MR) is 76.8 cm³/mol. The fourth-order valence-corrected chi connectivity index (χ4v) is 2.50. The highest BCUT2D eigenvalue weighted by molar-refractivity contribution is 6.30. The highest BCUT2D eigenvalue weighted by Crippen LogP contribution is 2.23. The van der Waals surface area contributed by atoms with Gasteiger partial charge in [-0.05, 0) is 24.0 Å². The number of hydrogen-bond acceptors (Lipinski definition) is 1. The summed E-state index contributed by atoms with van der Waals surface area (Å²) in [6.07, 6.45) is 0.921. The molecule has 4 heteroatoms. The Balaban J connectivity index is 2.37. The lowest BCUT2D eigenvalue weighted by atomic mass is 9.90. The Morgan fingerprint density at radius 2 is 2.00 bits per heavy atom. The van der Waals surface area contributed by atoms with Gasteiger partial charge in [-0.1, -0.05) is 38.4 Å². The van der Waals surface area contributed by atoms with Gasteiger partial charge in [0.15, 0.2) is 0 Å². The van der Waals surface area contributed by atoms with Crippen LogP contribution in [0.4, 0.5) is 4.39 Å². The predicted octanol–water partition coefficient (Wildman–Crippen LogP) is 4.61. The van der Waals surface area contributed by atoms with Gasteiger partial charge < -0.3 is 5.32 Å². The summed E-state index contributed by atoms with van der Waals surface area (Å²) in [6.45, 7) is 7.60. The van der Waals surface area contributed by atoms with Crippen LogP contribution in [0.5, 0.6) is 0 Å². The minimum atomic E-state index is -0.281. The van der Waals surface area contributed by atoms with Gasteiger partial charge in [-0.2, -0.15) is 0 Å². The molecule has 0 heterocycles. The molecule has 0 saturated heterocycles. The Morgan fingerprint density at radius 1 is 1.33 bits per heavy atom. The van der Waals surface area contributed by atoms with Crippen LogP contribution in [-0.2, 0) is 6.54 Å². The third-order valence-electron chi connectivity index (χ3n) is 2.53. The van der Waals surface area contributed by atoms with Crippen molar-refractivity contribution >= 4 is 23.2 Å². The van der Waals surface area contributed by atoms with Crippen molar-refractivity contribution in [1.29, 1.82) is 0 Å². The van der Waals surface area contributed by atoms with Gasteiger partial charge in [0.2, 0.25) is 0 Å². The maximum Gasteiger partial charge on any atom is 0.129 e. The third kappa shape index (κ3) is 6.03. The van der Waals surface area contributed by atoms with E-state index < -0.39 is 0 Å². The van der Waals surface area contributed by atoms with E-state index in [1.807, 2.05) is 0 Å². The van der Waals surface area contributed by atoms with Gasteiger partial charge in [-0.15, -0.1) is 11.6 Å². The van der Waals surface area contributed by atoms with E-state index in [1.54, 1.807) is 12.1 Å². The van der Waals surface area contributed by atoms with Crippen LogP contribution in [0.1, 0.15) is 32.8 Å². The number of nitrogens with one attached hydrogen (secondary N) is 1. The molecule has 1 unspecified atom stereocenters. The number of hydrogen-bond donors (Lipinski definition) is 1. The minimum absolute atomic E-state index is 0.0559. The lowest BCUT2D eigenvalue weighted by molar-refractivity contribution is 0.364. The fraction of sp³-hybridized carbons (Fsp3) is 0.571. The second kappa shape index (κ2) is 6.74. The maximum absolute atomic E-state index is 13.5. The Morgan fingerprint density at radius 3 is 2.56 bits per heavy atom. The molecule has 18 heavy (non-hydrogen) atoms. The second-order valence-corrected chi connectivity index (χ2v) is 6.78. The standard InChI is InChI=1S/C14H20Cl2FN/c1-14(2,3)7-12(16)9-18-8-10-4-5-11(15)6-13(10)17/h4-6,12,18H,7-9H2,1-3H3. The maximum atomic E-state index is 13.5. The Hall–Kier alpha value is -0.310.